The highest BCUT2D eigenvalue weighted by atomic mass is 19.3. The molecule has 1 atom stereocenters. The molecule has 0 spiro atoms. The summed E-state index contributed by atoms with van der Waals surface area (Å²) in [7, 11) is 3.78. The van der Waals surface area contributed by atoms with Crippen molar-refractivity contribution in [1.82, 2.24) is 19.9 Å². The van der Waals surface area contributed by atoms with E-state index >= 15 is 0 Å². The summed E-state index contributed by atoms with van der Waals surface area (Å²) >= 11 is 0. The number of carbonyl (C=O) groups is 1. The largest absolute Gasteiger partial charge is 0.364 e. The van der Waals surface area contributed by atoms with E-state index in [-0.39, 0.29) is 31.0 Å². The Kier molecular flexibility index (Phi) is 4.14. The van der Waals surface area contributed by atoms with E-state index in [1.54, 1.807) is 11.8 Å². The van der Waals surface area contributed by atoms with Crippen LogP contribution in [-0.4, -0.2) is 84.0 Å². The monoisotopic (exact) mass is 328 g/mol. The van der Waals surface area contributed by atoms with E-state index in [0.717, 1.165) is 0 Å². The van der Waals surface area contributed by atoms with Gasteiger partial charge in [-0.25, -0.2) is 8.78 Å². The number of amides is 1. The first kappa shape index (κ1) is 16.3. The molecule has 2 saturated heterocycles. The normalized spacial score (nSPS) is 25.1. The second-order valence-electron chi connectivity index (χ2n) is 6.83. The van der Waals surface area contributed by atoms with Gasteiger partial charge in [-0.05, 0) is 21.0 Å². The average Bonchev–Trinajstić information content (AvgIpc) is 2.90. The van der Waals surface area contributed by atoms with Gasteiger partial charge in [0.25, 0.3) is 11.8 Å². The standard InChI is InChI=1S/C15H22F2N4O2/c1-10-13(8-23-18-10)14(22)20-6-12(7-20)21-9-15(16,17)4-11(21)5-19(2)3/h8,11-12H,4-7,9H2,1-3H3/t11-/m0/s1. The van der Waals surface area contributed by atoms with Gasteiger partial charge in [-0.3, -0.25) is 9.69 Å². The lowest BCUT2D eigenvalue weighted by Gasteiger charge is -2.46. The van der Waals surface area contributed by atoms with Gasteiger partial charge in [0.2, 0.25) is 0 Å². The number of likely N-dealkylation sites (tertiary alicyclic amines) is 2. The van der Waals surface area contributed by atoms with E-state index in [1.807, 2.05) is 23.9 Å². The van der Waals surface area contributed by atoms with Crippen LogP contribution in [0.2, 0.25) is 0 Å². The average molecular weight is 328 g/mol. The van der Waals surface area contributed by atoms with Crippen molar-refractivity contribution < 1.29 is 18.1 Å². The Hall–Kier alpha value is -1.54. The SMILES string of the molecule is Cc1nocc1C(=O)N1CC(N2CC(F)(F)C[C@H]2CN(C)C)C1. The Balaban J connectivity index is 1.61. The van der Waals surface area contributed by atoms with Crippen molar-refractivity contribution in [2.45, 2.75) is 31.4 Å². The van der Waals surface area contributed by atoms with Crippen molar-refractivity contribution in [3.8, 4) is 0 Å². The molecule has 0 N–H and O–H groups in total. The number of halogens is 2. The van der Waals surface area contributed by atoms with Gasteiger partial charge in [-0.15, -0.1) is 0 Å². The summed E-state index contributed by atoms with van der Waals surface area (Å²) in [5, 5.41) is 3.70. The summed E-state index contributed by atoms with van der Waals surface area (Å²) in [5.41, 5.74) is 0.997. The zero-order chi connectivity index (χ0) is 16.8. The predicted molar refractivity (Wildman–Crippen MR) is 79.5 cm³/mol. The number of carbonyl (C=O) groups excluding carboxylic acids is 1. The first-order chi connectivity index (χ1) is 10.8. The number of likely N-dealkylation sites (N-methyl/N-ethyl adjacent to an activating group) is 1. The van der Waals surface area contributed by atoms with Crippen LogP contribution in [0.4, 0.5) is 8.78 Å². The predicted octanol–water partition coefficient (Wildman–Crippen LogP) is 1.08. The fourth-order valence-electron chi connectivity index (χ4n) is 3.44. The van der Waals surface area contributed by atoms with Crippen molar-refractivity contribution in [3.05, 3.63) is 17.5 Å². The highest BCUT2D eigenvalue weighted by Crippen LogP contribution is 2.35. The second-order valence-corrected chi connectivity index (χ2v) is 6.83. The van der Waals surface area contributed by atoms with E-state index in [1.165, 1.54) is 6.26 Å². The summed E-state index contributed by atoms with van der Waals surface area (Å²) < 4.78 is 32.4. The highest BCUT2D eigenvalue weighted by Gasteiger charge is 2.50. The van der Waals surface area contributed by atoms with Crippen molar-refractivity contribution in [3.63, 3.8) is 0 Å². The number of alkyl halides is 2. The smallest absolute Gasteiger partial charge is 0.262 e. The molecule has 2 aliphatic heterocycles. The van der Waals surface area contributed by atoms with Crippen LogP contribution >= 0.6 is 0 Å². The van der Waals surface area contributed by atoms with Crippen LogP contribution < -0.4 is 0 Å². The minimum atomic E-state index is -2.64. The molecule has 0 unspecified atom stereocenters. The van der Waals surface area contributed by atoms with Crippen LogP contribution in [0.3, 0.4) is 0 Å². The molecule has 0 bridgehead atoms. The summed E-state index contributed by atoms with van der Waals surface area (Å²) in [6.45, 7) is 3.05. The van der Waals surface area contributed by atoms with Gasteiger partial charge in [0.1, 0.15) is 11.8 Å². The second kappa shape index (κ2) is 5.83. The summed E-state index contributed by atoms with van der Waals surface area (Å²) in [5.74, 6) is -2.79. The molecule has 3 heterocycles. The molecular weight excluding hydrogens is 306 g/mol. The summed E-state index contributed by atoms with van der Waals surface area (Å²) in [6.07, 6.45) is 1.23. The lowest BCUT2D eigenvalue weighted by molar-refractivity contribution is -0.0115. The van der Waals surface area contributed by atoms with Crippen molar-refractivity contribution in [2.75, 3.05) is 40.3 Å². The maximum absolute atomic E-state index is 13.8. The third-order valence-corrected chi connectivity index (χ3v) is 4.59. The number of aromatic nitrogens is 1. The maximum atomic E-state index is 13.8. The van der Waals surface area contributed by atoms with Crippen LogP contribution in [0, 0.1) is 6.92 Å². The van der Waals surface area contributed by atoms with E-state index in [2.05, 4.69) is 5.16 Å². The fourth-order valence-corrected chi connectivity index (χ4v) is 3.44. The van der Waals surface area contributed by atoms with Crippen molar-refractivity contribution in [2.24, 2.45) is 0 Å². The Labute approximate surface area is 134 Å². The molecule has 0 aromatic carbocycles. The first-order valence-electron chi connectivity index (χ1n) is 7.75. The third-order valence-electron chi connectivity index (χ3n) is 4.59. The van der Waals surface area contributed by atoms with Crippen LogP contribution in [0.5, 0.6) is 0 Å². The maximum Gasteiger partial charge on any atom is 0.262 e. The Morgan fingerprint density at radius 1 is 1.48 bits per heavy atom. The van der Waals surface area contributed by atoms with E-state index in [9.17, 15) is 13.6 Å². The fraction of sp³-hybridized carbons (Fsp3) is 0.733. The number of hydrogen-bond acceptors (Lipinski definition) is 5. The quantitative estimate of drug-likeness (QED) is 0.828. The molecule has 0 aliphatic carbocycles. The summed E-state index contributed by atoms with van der Waals surface area (Å²) in [6, 6.07) is -0.169. The van der Waals surface area contributed by atoms with E-state index < -0.39 is 5.92 Å². The third kappa shape index (κ3) is 3.23. The van der Waals surface area contributed by atoms with Crippen molar-refractivity contribution in [1.29, 1.82) is 0 Å². The van der Waals surface area contributed by atoms with Crippen LogP contribution in [-0.2, 0) is 0 Å². The molecule has 2 aliphatic rings. The van der Waals surface area contributed by atoms with Gasteiger partial charge >= 0.3 is 0 Å². The molecule has 6 nitrogen and oxygen atoms in total. The molecule has 1 amide bonds. The molecule has 1 aromatic heterocycles. The molecule has 2 fully saturated rings. The number of hydrogen-bond donors (Lipinski definition) is 0. The molecule has 3 rings (SSSR count). The van der Waals surface area contributed by atoms with Gasteiger partial charge < -0.3 is 14.3 Å². The van der Waals surface area contributed by atoms with Crippen molar-refractivity contribution >= 4 is 5.91 Å². The molecular formula is C15H22F2N4O2. The number of rotatable bonds is 4. The Bertz CT molecular complexity index is 584. The molecule has 1 aromatic rings. The number of aryl methyl sites for hydroxylation is 1. The van der Waals surface area contributed by atoms with Gasteiger partial charge in [-0.2, -0.15) is 0 Å². The molecule has 0 radical (unpaired) electrons. The summed E-state index contributed by atoms with van der Waals surface area (Å²) in [4.78, 5) is 17.8. The molecule has 128 valence electrons. The van der Waals surface area contributed by atoms with Gasteiger partial charge in [0.05, 0.1) is 12.2 Å². The first-order valence-corrected chi connectivity index (χ1v) is 7.75. The zero-order valence-electron chi connectivity index (χ0n) is 13.6. The van der Waals surface area contributed by atoms with Crippen LogP contribution in [0.25, 0.3) is 0 Å². The topological polar surface area (TPSA) is 52.8 Å². The van der Waals surface area contributed by atoms with Gasteiger partial charge in [-0.1, -0.05) is 5.16 Å². The van der Waals surface area contributed by atoms with Gasteiger partial charge in [0.15, 0.2) is 0 Å². The Morgan fingerprint density at radius 2 is 2.17 bits per heavy atom. The Morgan fingerprint density at radius 3 is 2.74 bits per heavy atom. The van der Waals surface area contributed by atoms with Gasteiger partial charge in [0, 0.05) is 38.1 Å². The lowest BCUT2D eigenvalue weighted by atomic mass is 10.0. The zero-order valence-corrected chi connectivity index (χ0v) is 13.6. The molecule has 8 heteroatoms. The minimum Gasteiger partial charge on any atom is -0.364 e. The van der Waals surface area contributed by atoms with E-state index in [0.29, 0.717) is 30.9 Å². The minimum absolute atomic E-state index is 0.00237. The lowest BCUT2D eigenvalue weighted by Crippen LogP contribution is -2.63. The highest BCUT2D eigenvalue weighted by molar-refractivity contribution is 5.95. The number of nitrogens with zero attached hydrogens (tertiary/aromatic N) is 4. The van der Waals surface area contributed by atoms with E-state index in [4.69, 9.17) is 4.52 Å². The molecule has 23 heavy (non-hydrogen) atoms. The van der Waals surface area contributed by atoms with Crippen LogP contribution in [0.1, 0.15) is 22.5 Å². The van der Waals surface area contributed by atoms with Crippen LogP contribution in [0.15, 0.2) is 10.8 Å². The molecule has 0 saturated carbocycles.